The van der Waals surface area contributed by atoms with Crippen molar-refractivity contribution >= 4 is 11.6 Å². The first-order valence-corrected chi connectivity index (χ1v) is 5.11. The molecule has 0 radical (unpaired) electrons. The highest BCUT2D eigenvalue weighted by molar-refractivity contribution is 5.91. The van der Waals surface area contributed by atoms with Gasteiger partial charge in [-0.05, 0) is 12.0 Å². The van der Waals surface area contributed by atoms with E-state index in [1.807, 2.05) is 0 Å². The highest BCUT2D eigenvalue weighted by Crippen LogP contribution is 2.12. The molecule has 0 saturated carbocycles. The first-order valence-electron chi connectivity index (χ1n) is 5.11. The minimum absolute atomic E-state index is 0.440. The van der Waals surface area contributed by atoms with Crippen molar-refractivity contribution in [3.05, 3.63) is 18.3 Å². The predicted octanol–water partition coefficient (Wildman–Crippen LogP) is 1.05. The summed E-state index contributed by atoms with van der Waals surface area (Å²) < 4.78 is 5.38. The number of nitrogens with zero attached hydrogens (tertiary/aromatic N) is 1. The lowest BCUT2D eigenvalue weighted by atomic mass is 10.2. The van der Waals surface area contributed by atoms with Crippen LogP contribution in [0.4, 0.5) is 5.69 Å². The number of nitrogens with one attached hydrogen (secondary N) is 1. The number of pyridine rings is 1. The van der Waals surface area contributed by atoms with Crippen LogP contribution in [0.5, 0.6) is 5.88 Å². The summed E-state index contributed by atoms with van der Waals surface area (Å²) in [6, 6.07) is 3.35. The molecule has 0 aliphatic rings. The SMILES string of the molecule is CC(C)COc1ccc(NC(=O)CO)cn1. The molecule has 0 fully saturated rings. The maximum atomic E-state index is 10.9. The summed E-state index contributed by atoms with van der Waals surface area (Å²) in [5.74, 6) is 0.504. The Labute approximate surface area is 94.5 Å². The van der Waals surface area contributed by atoms with E-state index in [1.165, 1.54) is 6.20 Å². The van der Waals surface area contributed by atoms with Gasteiger partial charge < -0.3 is 15.2 Å². The summed E-state index contributed by atoms with van der Waals surface area (Å²) in [5.41, 5.74) is 0.538. The van der Waals surface area contributed by atoms with Crippen molar-refractivity contribution in [1.29, 1.82) is 0 Å². The van der Waals surface area contributed by atoms with Crippen molar-refractivity contribution < 1.29 is 14.6 Å². The number of hydrogen-bond acceptors (Lipinski definition) is 4. The number of rotatable bonds is 5. The van der Waals surface area contributed by atoms with E-state index in [4.69, 9.17) is 9.84 Å². The maximum Gasteiger partial charge on any atom is 0.250 e. The van der Waals surface area contributed by atoms with Crippen molar-refractivity contribution in [2.45, 2.75) is 13.8 Å². The van der Waals surface area contributed by atoms with Crippen LogP contribution >= 0.6 is 0 Å². The zero-order valence-corrected chi connectivity index (χ0v) is 9.43. The van der Waals surface area contributed by atoms with Gasteiger partial charge >= 0.3 is 0 Å². The molecule has 0 aromatic carbocycles. The summed E-state index contributed by atoms with van der Waals surface area (Å²) in [4.78, 5) is 14.9. The Kier molecular flexibility index (Phi) is 4.72. The van der Waals surface area contributed by atoms with E-state index < -0.39 is 12.5 Å². The van der Waals surface area contributed by atoms with Crippen LogP contribution in [0, 0.1) is 5.92 Å². The molecule has 16 heavy (non-hydrogen) atoms. The molecule has 1 aromatic heterocycles. The van der Waals surface area contributed by atoms with Crippen molar-refractivity contribution in [2.75, 3.05) is 18.5 Å². The topological polar surface area (TPSA) is 71.5 Å². The summed E-state index contributed by atoms with van der Waals surface area (Å²) in [6.07, 6.45) is 1.49. The lowest BCUT2D eigenvalue weighted by Crippen LogP contribution is -2.15. The minimum atomic E-state index is -0.536. The van der Waals surface area contributed by atoms with E-state index in [1.54, 1.807) is 12.1 Å². The second-order valence-electron chi connectivity index (χ2n) is 3.80. The average Bonchev–Trinajstić information content (AvgIpc) is 2.28. The molecule has 0 aliphatic heterocycles. The van der Waals surface area contributed by atoms with Gasteiger partial charge in [-0.1, -0.05) is 13.8 Å². The summed E-state index contributed by atoms with van der Waals surface area (Å²) >= 11 is 0. The minimum Gasteiger partial charge on any atom is -0.477 e. The van der Waals surface area contributed by atoms with Crippen LogP contribution < -0.4 is 10.1 Å². The molecule has 2 N–H and O–H groups in total. The van der Waals surface area contributed by atoms with Crippen LogP contribution in [0.15, 0.2) is 18.3 Å². The normalized spacial score (nSPS) is 10.2. The monoisotopic (exact) mass is 224 g/mol. The number of hydrogen-bond donors (Lipinski definition) is 2. The van der Waals surface area contributed by atoms with Gasteiger partial charge in [0.25, 0.3) is 0 Å². The maximum absolute atomic E-state index is 10.9. The number of aromatic nitrogens is 1. The van der Waals surface area contributed by atoms with Gasteiger partial charge in [-0.15, -0.1) is 0 Å². The van der Waals surface area contributed by atoms with E-state index in [0.29, 0.717) is 24.1 Å². The van der Waals surface area contributed by atoms with Crippen LogP contribution in [0.2, 0.25) is 0 Å². The van der Waals surface area contributed by atoms with Crippen molar-refractivity contribution in [3.8, 4) is 5.88 Å². The van der Waals surface area contributed by atoms with E-state index >= 15 is 0 Å². The highest BCUT2D eigenvalue weighted by Gasteiger charge is 2.01. The summed E-state index contributed by atoms with van der Waals surface area (Å²) in [7, 11) is 0. The Balaban J connectivity index is 2.51. The van der Waals surface area contributed by atoms with Gasteiger partial charge in [-0.2, -0.15) is 0 Å². The Morgan fingerprint density at radius 2 is 2.31 bits per heavy atom. The molecule has 0 spiro atoms. The van der Waals surface area contributed by atoms with Gasteiger partial charge in [0.1, 0.15) is 6.61 Å². The Morgan fingerprint density at radius 1 is 1.56 bits per heavy atom. The van der Waals surface area contributed by atoms with Crippen LogP contribution in [0.3, 0.4) is 0 Å². The zero-order valence-electron chi connectivity index (χ0n) is 9.43. The van der Waals surface area contributed by atoms with Gasteiger partial charge in [0.2, 0.25) is 11.8 Å². The van der Waals surface area contributed by atoms with Gasteiger partial charge in [-0.3, -0.25) is 4.79 Å². The first-order chi connectivity index (χ1) is 7.61. The number of anilines is 1. The molecular formula is C11H16N2O3. The Hall–Kier alpha value is -1.62. The fourth-order valence-electron chi connectivity index (χ4n) is 0.992. The van der Waals surface area contributed by atoms with E-state index in [-0.39, 0.29) is 0 Å². The van der Waals surface area contributed by atoms with Crippen molar-refractivity contribution in [3.63, 3.8) is 0 Å². The molecule has 88 valence electrons. The van der Waals surface area contributed by atoms with Crippen LogP contribution in [-0.4, -0.2) is 29.2 Å². The van der Waals surface area contributed by atoms with Crippen LogP contribution in [0.25, 0.3) is 0 Å². The van der Waals surface area contributed by atoms with Crippen molar-refractivity contribution in [1.82, 2.24) is 4.98 Å². The van der Waals surface area contributed by atoms with Gasteiger partial charge in [0.05, 0.1) is 18.5 Å². The number of amides is 1. The molecule has 1 heterocycles. The van der Waals surface area contributed by atoms with Gasteiger partial charge in [-0.25, -0.2) is 4.98 Å². The largest absolute Gasteiger partial charge is 0.477 e. The van der Waals surface area contributed by atoms with Crippen LogP contribution in [-0.2, 0) is 4.79 Å². The summed E-state index contributed by atoms with van der Waals surface area (Å²) in [6.45, 7) is 4.17. The predicted molar refractivity (Wildman–Crippen MR) is 60.3 cm³/mol. The summed E-state index contributed by atoms with van der Waals surface area (Å²) in [5, 5.41) is 11.0. The number of ether oxygens (including phenoxy) is 1. The molecule has 0 saturated heterocycles. The molecule has 1 aromatic rings. The number of aliphatic hydroxyl groups excluding tert-OH is 1. The lowest BCUT2D eigenvalue weighted by molar-refractivity contribution is -0.118. The molecule has 0 atom stereocenters. The molecule has 1 amide bonds. The zero-order chi connectivity index (χ0) is 12.0. The van der Waals surface area contributed by atoms with Gasteiger partial charge in [0, 0.05) is 6.07 Å². The fraction of sp³-hybridized carbons (Fsp3) is 0.455. The van der Waals surface area contributed by atoms with Crippen molar-refractivity contribution in [2.24, 2.45) is 5.92 Å². The van der Waals surface area contributed by atoms with E-state index in [9.17, 15) is 4.79 Å². The molecule has 5 nitrogen and oxygen atoms in total. The molecule has 0 aliphatic carbocycles. The Morgan fingerprint density at radius 3 is 2.81 bits per heavy atom. The Bertz CT molecular complexity index is 336. The smallest absolute Gasteiger partial charge is 0.250 e. The molecule has 5 heteroatoms. The average molecular weight is 224 g/mol. The molecular weight excluding hydrogens is 208 g/mol. The second-order valence-corrected chi connectivity index (χ2v) is 3.80. The fourth-order valence-corrected chi connectivity index (χ4v) is 0.992. The van der Waals surface area contributed by atoms with E-state index in [0.717, 1.165) is 0 Å². The van der Waals surface area contributed by atoms with E-state index in [2.05, 4.69) is 24.1 Å². The third-order valence-corrected chi connectivity index (χ3v) is 1.73. The number of carbonyl (C=O) groups is 1. The molecule has 1 rings (SSSR count). The number of carbonyl (C=O) groups excluding carboxylic acids is 1. The molecule has 0 unspecified atom stereocenters. The van der Waals surface area contributed by atoms with Crippen LogP contribution in [0.1, 0.15) is 13.8 Å². The second kappa shape index (κ2) is 6.07. The van der Waals surface area contributed by atoms with Gasteiger partial charge in [0.15, 0.2) is 0 Å². The standard InChI is InChI=1S/C11H16N2O3/c1-8(2)7-16-11-4-3-9(5-12-11)13-10(15)6-14/h3-5,8,14H,6-7H2,1-2H3,(H,13,15). The molecule has 0 bridgehead atoms. The third-order valence-electron chi connectivity index (χ3n) is 1.73. The third kappa shape index (κ3) is 4.27. The first kappa shape index (κ1) is 12.4. The quantitative estimate of drug-likeness (QED) is 0.784. The number of aliphatic hydroxyl groups is 1. The highest BCUT2D eigenvalue weighted by atomic mass is 16.5. The lowest BCUT2D eigenvalue weighted by Gasteiger charge is -2.08.